The zero-order chi connectivity index (χ0) is 10.4. The molecule has 14 heavy (non-hydrogen) atoms. The molecule has 1 aromatic rings. The lowest BCUT2D eigenvalue weighted by atomic mass is 10.1. The van der Waals surface area contributed by atoms with Gasteiger partial charge in [-0.3, -0.25) is 0 Å². The van der Waals surface area contributed by atoms with Crippen LogP contribution < -0.4 is 0 Å². The number of rotatable bonds is 4. The van der Waals surface area contributed by atoms with Gasteiger partial charge in [-0.1, -0.05) is 49.3 Å². The molecule has 0 bridgehead atoms. The smallest absolute Gasteiger partial charge is 0.0375 e. The van der Waals surface area contributed by atoms with Crippen molar-refractivity contribution >= 4 is 5.70 Å². The summed E-state index contributed by atoms with van der Waals surface area (Å²) >= 11 is 0. The fraction of sp³-hybridized carbons (Fsp3) is 0.273. The molecule has 0 fully saturated rings. The van der Waals surface area contributed by atoms with E-state index >= 15 is 0 Å². The van der Waals surface area contributed by atoms with Gasteiger partial charge in [0.15, 0.2) is 0 Å². The van der Waals surface area contributed by atoms with Gasteiger partial charge in [0.25, 0.3) is 0 Å². The summed E-state index contributed by atoms with van der Waals surface area (Å²) in [6.07, 6.45) is 2.21. The van der Waals surface area contributed by atoms with E-state index in [4.69, 9.17) is 5.53 Å². The Balaban J connectivity index is 2.82. The first kappa shape index (κ1) is 10.4. The lowest BCUT2D eigenvalue weighted by Crippen LogP contribution is -1.84. The molecule has 0 heterocycles. The minimum Gasteiger partial charge on any atom is -0.0889 e. The van der Waals surface area contributed by atoms with E-state index < -0.39 is 0 Å². The van der Waals surface area contributed by atoms with Crippen molar-refractivity contribution in [2.45, 2.75) is 19.8 Å². The van der Waals surface area contributed by atoms with Crippen LogP contribution in [0, 0.1) is 0 Å². The van der Waals surface area contributed by atoms with Gasteiger partial charge in [-0.15, -0.1) is 0 Å². The van der Waals surface area contributed by atoms with Crippen LogP contribution in [0.3, 0.4) is 0 Å². The monoisotopic (exact) mass is 187 g/mol. The molecule has 0 N–H and O–H groups in total. The van der Waals surface area contributed by atoms with Crippen molar-refractivity contribution in [2.75, 3.05) is 0 Å². The highest BCUT2D eigenvalue weighted by molar-refractivity contribution is 5.62. The highest BCUT2D eigenvalue weighted by Gasteiger charge is 1.96. The average molecular weight is 187 g/mol. The second-order valence-corrected chi connectivity index (χ2v) is 3.08. The molecule has 3 nitrogen and oxygen atoms in total. The number of aryl methyl sites for hydroxylation is 1. The van der Waals surface area contributed by atoms with Crippen LogP contribution in [0.1, 0.15) is 24.5 Å². The molecule has 0 aliphatic rings. The number of nitrogens with zero attached hydrogens (tertiary/aromatic N) is 3. The first-order valence-corrected chi connectivity index (χ1v) is 4.61. The third-order valence-electron chi connectivity index (χ3n) is 1.99. The average Bonchev–Trinajstić information content (AvgIpc) is 2.20. The molecule has 0 saturated carbocycles. The summed E-state index contributed by atoms with van der Waals surface area (Å²) in [5, 5.41) is 3.46. The standard InChI is InChI=1S/C11H13N3/c1-3-4-10-5-7-11(8-6-10)9(2)13-14-12/h5-8H,2-4H2,1H3. The molecule has 0 spiro atoms. The summed E-state index contributed by atoms with van der Waals surface area (Å²) in [7, 11) is 0. The van der Waals surface area contributed by atoms with Gasteiger partial charge in [-0.2, -0.15) is 0 Å². The highest BCUT2D eigenvalue weighted by Crippen LogP contribution is 2.15. The van der Waals surface area contributed by atoms with Crippen molar-refractivity contribution in [1.29, 1.82) is 0 Å². The van der Waals surface area contributed by atoms with Gasteiger partial charge in [0.1, 0.15) is 0 Å². The Kier molecular flexibility index (Phi) is 3.77. The Bertz CT molecular complexity index is 359. The van der Waals surface area contributed by atoms with Crippen molar-refractivity contribution in [2.24, 2.45) is 5.11 Å². The second kappa shape index (κ2) is 5.10. The van der Waals surface area contributed by atoms with E-state index in [9.17, 15) is 0 Å². The minimum absolute atomic E-state index is 0.468. The topological polar surface area (TPSA) is 48.8 Å². The van der Waals surface area contributed by atoms with Crippen molar-refractivity contribution in [3.63, 3.8) is 0 Å². The van der Waals surface area contributed by atoms with E-state index in [1.807, 2.05) is 24.3 Å². The van der Waals surface area contributed by atoms with Crippen LogP contribution in [-0.2, 0) is 6.42 Å². The number of azide groups is 1. The van der Waals surface area contributed by atoms with E-state index in [0.717, 1.165) is 18.4 Å². The summed E-state index contributed by atoms with van der Waals surface area (Å²) in [6.45, 7) is 5.82. The lowest BCUT2D eigenvalue weighted by Gasteiger charge is -2.01. The number of hydrogen-bond acceptors (Lipinski definition) is 1. The summed E-state index contributed by atoms with van der Waals surface area (Å²) in [6, 6.07) is 7.94. The van der Waals surface area contributed by atoms with Crippen LogP contribution in [0.2, 0.25) is 0 Å². The molecule has 0 aromatic heterocycles. The van der Waals surface area contributed by atoms with E-state index in [2.05, 4.69) is 23.5 Å². The Hall–Kier alpha value is -1.73. The van der Waals surface area contributed by atoms with Crippen LogP contribution in [0.4, 0.5) is 0 Å². The summed E-state index contributed by atoms with van der Waals surface area (Å²) < 4.78 is 0. The quantitative estimate of drug-likeness (QED) is 0.389. The van der Waals surface area contributed by atoms with Gasteiger partial charge < -0.3 is 0 Å². The SMILES string of the molecule is C=C(N=[N+]=[N-])c1ccc(CCC)cc1. The van der Waals surface area contributed by atoms with Crippen LogP contribution in [0.5, 0.6) is 0 Å². The second-order valence-electron chi connectivity index (χ2n) is 3.08. The number of benzene rings is 1. The van der Waals surface area contributed by atoms with Crippen LogP contribution in [0.15, 0.2) is 36.0 Å². The Morgan fingerprint density at radius 1 is 1.43 bits per heavy atom. The molecule has 1 rings (SSSR count). The molecule has 3 heteroatoms. The van der Waals surface area contributed by atoms with E-state index in [1.165, 1.54) is 5.56 Å². The van der Waals surface area contributed by atoms with Crippen LogP contribution >= 0.6 is 0 Å². The van der Waals surface area contributed by atoms with Crippen LogP contribution in [0.25, 0.3) is 16.1 Å². The van der Waals surface area contributed by atoms with Crippen molar-refractivity contribution < 1.29 is 0 Å². The molecular formula is C11H13N3. The van der Waals surface area contributed by atoms with Gasteiger partial charge in [0, 0.05) is 10.6 Å². The molecule has 0 aliphatic carbocycles. The van der Waals surface area contributed by atoms with Crippen molar-refractivity contribution in [1.82, 2.24) is 0 Å². The molecule has 0 aliphatic heterocycles. The fourth-order valence-electron chi connectivity index (χ4n) is 1.26. The van der Waals surface area contributed by atoms with Gasteiger partial charge in [-0.05, 0) is 23.1 Å². The van der Waals surface area contributed by atoms with E-state index in [0.29, 0.717) is 5.70 Å². The normalized spacial score (nSPS) is 9.21. The third kappa shape index (κ3) is 2.64. The predicted molar refractivity (Wildman–Crippen MR) is 58.6 cm³/mol. The Morgan fingerprint density at radius 3 is 2.57 bits per heavy atom. The maximum Gasteiger partial charge on any atom is 0.0375 e. The third-order valence-corrected chi connectivity index (χ3v) is 1.99. The van der Waals surface area contributed by atoms with E-state index in [-0.39, 0.29) is 0 Å². The van der Waals surface area contributed by atoms with Crippen molar-refractivity contribution in [3.05, 3.63) is 52.4 Å². The molecule has 72 valence electrons. The summed E-state index contributed by atoms with van der Waals surface area (Å²) in [5.74, 6) is 0. The maximum atomic E-state index is 8.23. The first-order valence-electron chi connectivity index (χ1n) is 4.61. The molecule has 0 amide bonds. The van der Waals surface area contributed by atoms with E-state index in [1.54, 1.807) is 0 Å². The largest absolute Gasteiger partial charge is 0.0889 e. The molecule has 0 radical (unpaired) electrons. The molecular weight excluding hydrogens is 174 g/mol. The summed E-state index contributed by atoms with van der Waals surface area (Å²) in [5.41, 5.74) is 10.9. The van der Waals surface area contributed by atoms with Gasteiger partial charge >= 0.3 is 0 Å². The van der Waals surface area contributed by atoms with Gasteiger partial charge in [-0.25, -0.2) is 0 Å². The predicted octanol–water partition coefficient (Wildman–Crippen LogP) is 3.92. The van der Waals surface area contributed by atoms with Crippen molar-refractivity contribution in [3.8, 4) is 0 Å². The Morgan fingerprint density at radius 2 is 2.07 bits per heavy atom. The molecule has 0 saturated heterocycles. The Labute approximate surface area is 83.7 Å². The lowest BCUT2D eigenvalue weighted by molar-refractivity contribution is 0.921. The van der Waals surface area contributed by atoms with Crippen LogP contribution in [-0.4, -0.2) is 0 Å². The fourth-order valence-corrected chi connectivity index (χ4v) is 1.26. The first-order chi connectivity index (χ1) is 6.77. The zero-order valence-corrected chi connectivity index (χ0v) is 8.27. The number of hydrogen-bond donors (Lipinski definition) is 0. The van der Waals surface area contributed by atoms with Gasteiger partial charge in [0.05, 0.1) is 0 Å². The molecule has 0 atom stereocenters. The highest BCUT2D eigenvalue weighted by atomic mass is 15.1. The summed E-state index contributed by atoms with van der Waals surface area (Å²) in [4.78, 5) is 2.70. The molecule has 0 unspecified atom stereocenters. The minimum atomic E-state index is 0.468. The molecule has 1 aromatic carbocycles. The maximum absolute atomic E-state index is 8.23. The van der Waals surface area contributed by atoms with Gasteiger partial charge in [0.2, 0.25) is 0 Å². The zero-order valence-electron chi connectivity index (χ0n) is 8.27.